The van der Waals surface area contributed by atoms with Crippen LogP contribution in [0.25, 0.3) is 11.1 Å². The Morgan fingerprint density at radius 1 is 1.11 bits per heavy atom. The van der Waals surface area contributed by atoms with Crippen LogP contribution in [0.5, 0.6) is 11.8 Å². The van der Waals surface area contributed by atoms with Crippen molar-refractivity contribution in [2.24, 2.45) is 0 Å². The van der Waals surface area contributed by atoms with Crippen molar-refractivity contribution in [1.82, 2.24) is 15.6 Å². The summed E-state index contributed by atoms with van der Waals surface area (Å²) in [5.41, 5.74) is 4.27. The number of nitrogens with one attached hydrogen (secondary N) is 2. The molecular weight excluding hydrogens is 488 g/mol. The van der Waals surface area contributed by atoms with Gasteiger partial charge in [-0.15, -0.1) is 0 Å². The maximum Gasteiger partial charge on any atom is 0.236 e. The molecule has 1 aliphatic carbocycles. The number of nitrogens with zero attached hydrogens (tertiary/aromatic N) is 1. The van der Waals surface area contributed by atoms with Crippen LogP contribution >= 0.6 is 11.6 Å². The highest BCUT2D eigenvalue weighted by atomic mass is 35.5. The molecule has 6 nitrogen and oxygen atoms in total. The number of hydrogen-bond donors (Lipinski definition) is 2. The molecule has 2 heterocycles. The predicted molar refractivity (Wildman–Crippen MR) is 132 cm³/mol. The third kappa shape index (κ3) is 5.01. The summed E-state index contributed by atoms with van der Waals surface area (Å²) in [5, 5.41) is 6.61. The molecule has 2 atom stereocenters. The zero-order valence-corrected chi connectivity index (χ0v) is 20.5. The molecule has 3 aromatic rings. The minimum absolute atomic E-state index is 0.0797. The van der Waals surface area contributed by atoms with E-state index in [1.54, 1.807) is 19.2 Å². The molecule has 188 valence electrons. The molecule has 0 bridgehead atoms. The summed E-state index contributed by atoms with van der Waals surface area (Å²) in [6.45, 7) is 1.12. The van der Waals surface area contributed by atoms with E-state index >= 15 is 0 Å². The zero-order chi connectivity index (χ0) is 25.2. The molecule has 1 aliphatic heterocycles. The molecule has 2 aliphatic rings. The van der Waals surface area contributed by atoms with Gasteiger partial charge in [-0.3, -0.25) is 4.79 Å². The van der Waals surface area contributed by atoms with E-state index in [-0.39, 0.29) is 23.9 Å². The zero-order valence-electron chi connectivity index (χ0n) is 19.7. The number of hydrogen-bond acceptors (Lipinski definition) is 5. The summed E-state index contributed by atoms with van der Waals surface area (Å²) >= 11 is 6.54. The molecule has 0 spiro atoms. The van der Waals surface area contributed by atoms with Crippen LogP contribution in [-0.2, 0) is 17.8 Å². The number of carbonyl (C=O) groups excluding carboxylic acids is 1. The van der Waals surface area contributed by atoms with Gasteiger partial charge in [-0.05, 0) is 59.7 Å². The Kier molecular flexibility index (Phi) is 7.07. The quantitative estimate of drug-likeness (QED) is 0.437. The summed E-state index contributed by atoms with van der Waals surface area (Å²) in [6.07, 6.45) is 2.52. The van der Waals surface area contributed by atoms with Crippen LogP contribution in [0.15, 0.2) is 42.5 Å². The maximum absolute atomic E-state index is 13.8. The number of pyridine rings is 1. The predicted octanol–water partition coefficient (Wildman–Crippen LogP) is 5.12. The molecule has 1 saturated heterocycles. The van der Waals surface area contributed by atoms with Crippen LogP contribution in [0.1, 0.15) is 42.1 Å². The molecule has 2 aromatic carbocycles. The number of aromatic nitrogens is 1. The molecule has 1 amide bonds. The van der Waals surface area contributed by atoms with Crippen LogP contribution in [0, 0.1) is 11.6 Å². The minimum atomic E-state index is -0.874. The Labute approximate surface area is 213 Å². The Balaban J connectivity index is 1.32. The smallest absolute Gasteiger partial charge is 0.236 e. The number of carbonyl (C=O) groups is 1. The van der Waals surface area contributed by atoms with Gasteiger partial charge in [0.15, 0.2) is 11.6 Å². The Hall–Kier alpha value is -3.23. The fraction of sp³-hybridized carbons (Fsp3) is 0.333. The van der Waals surface area contributed by atoms with Crippen molar-refractivity contribution >= 4 is 17.5 Å². The molecule has 1 fully saturated rings. The number of rotatable bonds is 8. The van der Waals surface area contributed by atoms with Gasteiger partial charge in [0, 0.05) is 31.1 Å². The highest BCUT2D eigenvalue weighted by molar-refractivity contribution is 6.31. The fourth-order valence-electron chi connectivity index (χ4n) is 4.90. The molecule has 36 heavy (non-hydrogen) atoms. The van der Waals surface area contributed by atoms with Crippen LogP contribution in [-0.4, -0.2) is 30.6 Å². The first-order valence-electron chi connectivity index (χ1n) is 11.9. The average molecular weight is 514 g/mol. The second kappa shape index (κ2) is 10.4. The van der Waals surface area contributed by atoms with E-state index in [2.05, 4.69) is 15.6 Å². The first-order chi connectivity index (χ1) is 17.4. The highest BCUT2D eigenvalue weighted by Gasteiger charge is 2.28. The SMILES string of the molecule is COc1nc(O[C@H]2CCc3c(-c4ccc(F)c(F)c4)cccc32)c(Cl)cc1CNC[C@@H]1CCC(=O)N1. The van der Waals surface area contributed by atoms with Gasteiger partial charge < -0.3 is 20.1 Å². The van der Waals surface area contributed by atoms with Crippen molar-refractivity contribution in [3.63, 3.8) is 0 Å². The standard InChI is InChI=1S/C27H26ClF2N3O3/c1-35-26-16(13-31-14-17-6-10-25(34)32-17)11-21(28)27(33-26)36-24-9-7-19-18(3-2-4-20(19)24)15-5-8-22(29)23(30)12-15/h2-5,8,11-12,17,24,31H,6-7,9-10,13-14H2,1H3,(H,32,34)/t17-,24-/m0/s1. The van der Waals surface area contributed by atoms with Gasteiger partial charge >= 0.3 is 0 Å². The Morgan fingerprint density at radius 2 is 1.97 bits per heavy atom. The van der Waals surface area contributed by atoms with Crippen LogP contribution < -0.4 is 20.1 Å². The van der Waals surface area contributed by atoms with Crippen LogP contribution in [0.2, 0.25) is 5.02 Å². The summed E-state index contributed by atoms with van der Waals surface area (Å²) < 4.78 is 39.0. The third-order valence-electron chi connectivity index (χ3n) is 6.67. The summed E-state index contributed by atoms with van der Waals surface area (Å²) in [5.74, 6) is -0.980. The van der Waals surface area contributed by atoms with E-state index < -0.39 is 11.6 Å². The lowest BCUT2D eigenvalue weighted by molar-refractivity contribution is -0.119. The molecule has 0 radical (unpaired) electrons. The normalized spacial score (nSPS) is 18.7. The highest BCUT2D eigenvalue weighted by Crippen LogP contribution is 2.41. The van der Waals surface area contributed by atoms with Gasteiger partial charge in [0.25, 0.3) is 0 Å². The monoisotopic (exact) mass is 513 g/mol. The number of amides is 1. The lowest BCUT2D eigenvalue weighted by atomic mass is 9.96. The molecule has 0 unspecified atom stereocenters. The lowest BCUT2D eigenvalue weighted by Gasteiger charge is -2.18. The van der Waals surface area contributed by atoms with Crippen molar-refractivity contribution in [2.45, 2.75) is 44.4 Å². The fourth-order valence-corrected chi connectivity index (χ4v) is 5.12. The molecule has 0 saturated carbocycles. The lowest BCUT2D eigenvalue weighted by Crippen LogP contribution is -2.35. The molecule has 2 N–H and O–H groups in total. The summed E-state index contributed by atoms with van der Waals surface area (Å²) in [6, 6.07) is 11.6. The number of benzene rings is 2. The molecule has 9 heteroatoms. The van der Waals surface area contributed by atoms with Gasteiger partial charge in [0.1, 0.15) is 11.1 Å². The van der Waals surface area contributed by atoms with Gasteiger partial charge in [0.05, 0.1) is 7.11 Å². The first kappa shape index (κ1) is 24.5. The molecule has 5 rings (SSSR count). The van der Waals surface area contributed by atoms with E-state index in [0.717, 1.165) is 41.2 Å². The van der Waals surface area contributed by atoms with Crippen molar-refractivity contribution in [1.29, 1.82) is 0 Å². The third-order valence-corrected chi connectivity index (χ3v) is 6.94. The number of ether oxygens (including phenoxy) is 2. The van der Waals surface area contributed by atoms with Crippen molar-refractivity contribution in [3.8, 4) is 22.9 Å². The number of methoxy groups -OCH3 is 1. The van der Waals surface area contributed by atoms with E-state index in [1.165, 1.54) is 6.07 Å². The average Bonchev–Trinajstić information content (AvgIpc) is 3.48. The van der Waals surface area contributed by atoms with Gasteiger partial charge in [-0.25, -0.2) is 8.78 Å². The Morgan fingerprint density at radius 3 is 2.72 bits per heavy atom. The van der Waals surface area contributed by atoms with Crippen LogP contribution in [0.4, 0.5) is 8.78 Å². The van der Waals surface area contributed by atoms with Crippen LogP contribution in [0.3, 0.4) is 0 Å². The van der Waals surface area contributed by atoms with Gasteiger partial charge in [-0.2, -0.15) is 4.98 Å². The van der Waals surface area contributed by atoms with E-state index in [9.17, 15) is 13.6 Å². The molecular formula is C27H26ClF2N3O3. The minimum Gasteiger partial charge on any atom is -0.481 e. The van der Waals surface area contributed by atoms with Gasteiger partial charge in [-0.1, -0.05) is 35.9 Å². The topological polar surface area (TPSA) is 72.5 Å². The van der Waals surface area contributed by atoms with Gasteiger partial charge in [0.2, 0.25) is 17.7 Å². The van der Waals surface area contributed by atoms with E-state index in [4.69, 9.17) is 21.1 Å². The van der Waals surface area contributed by atoms with Crippen molar-refractivity contribution in [2.75, 3.05) is 13.7 Å². The number of halogens is 3. The molecule has 1 aromatic heterocycles. The first-order valence-corrected chi connectivity index (χ1v) is 12.3. The second-order valence-electron chi connectivity index (χ2n) is 9.03. The number of fused-ring (bicyclic) bond motifs is 1. The van der Waals surface area contributed by atoms with E-state index in [1.807, 2.05) is 18.2 Å². The summed E-state index contributed by atoms with van der Waals surface area (Å²) in [4.78, 5) is 15.9. The van der Waals surface area contributed by atoms with Crippen molar-refractivity contribution in [3.05, 3.63) is 75.8 Å². The van der Waals surface area contributed by atoms with Crippen molar-refractivity contribution < 1.29 is 23.0 Å². The largest absolute Gasteiger partial charge is 0.481 e. The second-order valence-corrected chi connectivity index (χ2v) is 9.43. The maximum atomic E-state index is 13.8. The Bertz CT molecular complexity index is 1300. The summed E-state index contributed by atoms with van der Waals surface area (Å²) in [7, 11) is 1.54. The van der Waals surface area contributed by atoms with E-state index in [0.29, 0.717) is 42.4 Å².